The first-order chi connectivity index (χ1) is 18.1. The largest absolute Gasteiger partial charge is 0.348 e. The maximum Gasteiger partial charge on any atom is 0.213 e. The average Bonchev–Trinajstić information content (AvgIpc) is 3.37. The number of nitrogens with one attached hydrogen (secondary N) is 1. The van der Waals surface area contributed by atoms with E-state index in [2.05, 4.69) is 129 Å². The van der Waals surface area contributed by atoms with E-state index in [1.807, 2.05) is 18.0 Å². The lowest BCUT2D eigenvalue weighted by molar-refractivity contribution is 0.553. The molecule has 0 aliphatic rings. The van der Waals surface area contributed by atoms with E-state index in [1.165, 1.54) is 63.7 Å². The molecule has 5 heteroatoms. The molecule has 1 heterocycles. The first-order valence-corrected chi connectivity index (χ1v) is 15.9. The average molecular weight is 596 g/mol. The van der Waals surface area contributed by atoms with Crippen LogP contribution in [0.5, 0.6) is 0 Å². The van der Waals surface area contributed by atoms with E-state index in [0.29, 0.717) is 6.71 Å². The van der Waals surface area contributed by atoms with Gasteiger partial charge >= 0.3 is 0 Å². The lowest BCUT2D eigenvalue weighted by Crippen LogP contribution is -2.41. The molecular formula is C33H48BBrN2S. The van der Waals surface area contributed by atoms with Crippen molar-refractivity contribution in [2.24, 2.45) is 5.92 Å². The molecule has 0 fully saturated rings. The highest BCUT2D eigenvalue weighted by Gasteiger charge is 2.19. The molecule has 0 saturated carbocycles. The van der Waals surface area contributed by atoms with Gasteiger partial charge in [-0.1, -0.05) is 124 Å². The number of imidazole rings is 1. The molecule has 0 spiro atoms. The Labute approximate surface area is 246 Å². The number of thioether (sulfide) groups is 1. The van der Waals surface area contributed by atoms with Crippen molar-refractivity contribution in [3.05, 3.63) is 82.9 Å². The van der Waals surface area contributed by atoms with Gasteiger partial charge in [0.2, 0.25) is 6.71 Å². The van der Waals surface area contributed by atoms with Gasteiger partial charge in [-0.2, -0.15) is 0 Å². The molecule has 3 rings (SSSR count). The number of H-pyrrole nitrogens is 1. The minimum atomic E-state index is 0.241. The molecule has 3 aromatic rings. The van der Waals surface area contributed by atoms with Gasteiger partial charge in [-0.05, 0) is 67.0 Å². The van der Waals surface area contributed by atoms with Crippen molar-refractivity contribution in [2.75, 3.05) is 0 Å². The Bertz CT molecular complexity index is 1050. The predicted molar refractivity (Wildman–Crippen MR) is 176 cm³/mol. The minimum absolute atomic E-state index is 0.241. The number of aryl methyl sites for hydroxylation is 2. The maximum atomic E-state index is 3.96. The van der Waals surface area contributed by atoms with Crippen LogP contribution in [-0.2, 0) is 12.8 Å². The summed E-state index contributed by atoms with van der Waals surface area (Å²) in [5.74, 6) is 0.818. The number of aromatic nitrogens is 2. The normalized spacial score (nSPS) is 11.9. The molecule has 0 unspecified atom stereocenters. The third-order valence-electron chi connectivity index (χ3n) is 6.32. The highest BCUT2D eigenvalue weighted by atomic mass is 79.9. The number of benzene rings is 2. The number of rotatable bonds is 12. The van der Waals surface area contributed by atoms with Gasteiger partial charge in [0.25, 0.3) is 0 Å². The zero-order chi connectivity index (χ0) is 28.0. The molecule has 0 aliphatic heterocycles. The summed E-state index contributed by atoms with van der Waals surface area (Å²) in [4.78, 5) is 8.40. The number of aromatic amines is 1. The number of allylic oxidation sites excluding steroid dienone is 2. The van der Waals surface area contributed by atoms with E-state index in [9.17, 15) is 0 Å². The molecule has 0 amide bonds. The van der Waals surface area contributed by atoms with E-state index in [1.54, 1.807) is 6.33 Å². The summed E-state index contributed by atoms with van der Waals surface area (Å²) in [5.41, 5.74) is 5.49. The highest BCUT2D eigenvalue weighted by Crippen LogP contribution is 2.31. The first kappa shape index (κ1) is 32.5. The number of unbranched alkanes of at least 4 members (excludes halogenated alkanes) is 1. The fourth-order valence-corrected chi connectivity index (χ4v) is 5.45. The Morgan fingerprint density at radius 2 is 1.63 bits per heavy atom. The van der Waals surface area contributed by atoms with Gasteiger partial charge in [-0.3, -0.25) is 0 Å². The Hall–Kier alpha value is -1.72. The minimum Gasteiger partial charge on any atom is -0.348 e. The number of hydrogen-bond acceptors (Lipinski definition) is 2. The molecule has 0 radical (unpaired) electrons. The van der Waals surface area contributed by atoms with Crippen molar-refractivity contribution >= 4 is 45.3 Å². The van der Waals surface area contributed by atoms with Gasteiger partial charge in [0, 0.05) is 21.5 Å². The Kier molecular flexibility index (Phi) is 14.6. The second kappa shape index (κ2) is 17.1. The van der Waals surface area contributed by atoms with Gasteiger partial charge in [0.05, 0.1) is 6.33 Å². The summed E-state index contributed by atoms with van der Waals surface area (Å²) in [6.07, 6.45) is 14.3. The second-order valence-corrected chi connectivity index (χ2v) is 14.7. The van der Waals surface area contributed by atoms with Gasteiger partial charge in [-0.25, -0.2) is 4.98 Å². The van der Waals surface area contributed by atoms with E-state index in [-0.39, 0.29) is 4.75 Å². The van der Waals surface area contributed by atoms with Crippen LogP contribution in [0.25, 0.3) is 0 Å². The lowest BCUT2D eigenvalue weighted by Gasteiger charge is -2.19. The molecule has 1 aromatic heterocycles. The van der Waals surface area contributed by atoms with Crippen LogP contribution >= 0.6 is 27.7 Å². The van der Waals surface area contributed by atoms with Crippen LogP contribution in [0.4, 0.5) is 0 Å². The van der Waals surface area contributed by atoms with Crippen LogP contribution in [-0.4, -0.2) is 21.4 Å². The van der Waals surface area contributed by atoms with Crippen LogP contribution in [0, 0.1) is 5.92 Å². The van der Waals surface area contributed by atoms with E-state index >= 15 is 0 Å². The zero-order valence-corrected chi connectivity index (χ0v) is 27.1. The molecule has 38 heavy (non-hydrogen) atoms. The predicted octanol–water partition coefficient (Wildman–Crippen LogP) is 9.22. The summed E-state index contributed by atoms with van der Waals surface area (Å²) in [6.45, 7) is 16.1. The van der Waals surface area contributed by atoms with Crippen molar-refractivity contribution in [3.63, 3.8) is 0 Å². The maximum absolute atomic E-state index is 3.96. The van der Waals surface area contributed by atoms with E-state index < -0.39 is 0 Å². The van der Waals surface area contributed by atoms with Gasteiger partial charge in [0.1, 0.15) is 0 Å². The zero-order valence-electron chi connectivity index (χ0n) is 24.7. The van der Waals surface area contributed by atoms with E-state index in [4.69, 9.17) is 0 Å². The molecule has 0 atom stereocenters. The molecule has 2 nitrogen and oxygen atoms in total. The quantitative estimate of drug-likeness (QED) is 0.167. The standard InChI is InChI=1S/C24H32BBrS.C9H16N2/c1-6-7-8-20-9-11-21(12-10-20)25(18-17-19(2)26)22-13-15-23(16-14-22)27-24(3,4)5;1-8(2)4-3-5-9-6-10-7-11-9/h9-17H,6-8,18H2,1-5H3;6-8H,3-5H2,1-2H3,(H,10,11). The van der Waals surface area contributed by atoms with Gasteiger partial charge in [0.15, 0.2) is 0 Å². The van der Waals surface area contributed by atoms with Crippen molar-refractivity contribution in [1.82, 2.24) is 9.97 Å². The smallest absolute Gasteiger partial charge is 0.213 e. The third kappa shape index (κ3) is 13.4. The molecule has 206 valence electrons. The Morgan fingerprint density at radius 3 is 2.13 bits per heavy atom. The van der Waals surface area contributed by atoms with Crippen molar-refractivity contribution in [2.45, 2.75) is 103 Å². The molecular weight excluding hydrogens is 547 g/mol. The number of hydrogen-bond donors (Lipinski definition) is 1. The monoisotopic (exact) mass is 594 g/mol. The Balaban J connectivity index is 0.000000384. The topological polar surface area (TPSA) is 28.7 Å². The number of halogens is 1. The fraction of sp³-hybridized carbons (Fsp3) is 0.485. The fourth-order valence-electron chi connectivity index (χ4n) is 4.29. The van der Waals surface area contributed by atoms with Crippen LogP contribution in [0.1, 0.15) is 85.4 Å². The van der Waals surface area contributed by atoms with Gasteiger partial charge in [-0.15, -0.1) is 11.8 Å². The summed E-state index contributed by atoms with van der Waals surface area (Å²) < 4.78 is 1.44. The first-order valence-electron chi connectivity index (χ1n) is 14.2. The lowest BCUT2D eigenvalue weighted by atomic mass is 9.38. The SMILES string of the molecule is CC(C)CCCc1cnc[nH]1.CCCCc1ccc(B(CC=C(C)Br)c2ccc(SC(C)(C)C)cc2)cc1. The van der Waals surface area contributed by atoms with Gasteiger partial charge < -0.3 is 4.98 Å². The van der Waals surface area contributed by atoms with Crippen LogP contribution in [0.2, 0.25) is 6.32 Å². The summed E-state index contributed by atoms with van der Waals surface area (Å²) in [6, 6.07) is 18.4. The molecule has 0 saturated heterocycles. The molecule has 0 aliphatic carbocycles. The highest BCUT2D eigenvalue weighted by molar-refractivity contribution is 9.11. The van der Waals surface area contributed by atoms with Crippen LogP contribution in [0.3, 0.4) is 0 Å². The summed E-state index contributed by atoms with van der Waals surface area (Å²) >= 11 is 5.52. The van der Waals surface area contributed by atoms with Crippen LogP contribution < -0.4 is 10.9 Å². The molecule has 0 bridgehead atoms. The van der Waals surface area contributed by atoms with Crippen molar-refractivity contribution in [1.29, 1.82) is 0 Å². The third-order valence-corrected chi connectivity index (χ3v) is 7.77. The summed E-state index contributed by atoms with van der Waals surface area (Å²) in [7, 11) is 0. The van der Waals surface area contributed by atoms with E-state index in [0.717, 1.165) is 18.7 Å². The van der Waals surface area contributed by atoms with Crippen molar-refractivity contribution < 1.29 is 0 Å². The second-order valence-electron chi connectivity index (χ2n) is 11.6. The summed E-state index contributed by atoms with van der Waals surface area (Å²) in [5, 5.41) is 0. The molecule has 1 N–H and O–H groups in total. The van der Waals surface area contributed by atoms with Crippen molar-refractivity contribution in [3.8, 4) is 0 Å². The Morgan fingerprint density at radius 1 is 1.00 bits per heavy atom. The van der Waals surface area contributed by atoms with Crippen LogP contribution in [0.15, 0.2) is 76.5 Å². The number of nitrogens with zero attached hydrogens (tertiary/aromatic N) is 1. The molecule has 2 aromatic carbocycles.